The molecule has 1 aromatic carbocycles. The van der Waals surface area contributed by atoms with Crippen LogP contribution in [0.25, 0.3) is 26.4 Å². The van der Waals surface area contributed by atoms with Crippen LogP contribution in [0.5, 0.6) is 0 Å². The Bertz CT molecular complexity index is 908. The van der Waals surface area contributed by atoms with Gasteiger partial charge in [-0.2, -0.15) is 0 Å². The van der Waals surface area contributed by atoms with E-state index in [0.29, 0.717) is 5.15 Å². The van der Waals surface area contributed by atoms with Crippen molar-refractivity contribution in [1.29, 1.82) is 0 Å². The molecule has 4 rings (SSSR count). The van der Waals surface area contributed by atoms with Gasteiger partial charge in [-0.3, -0.25) is 4.40 Å². The topological polar surface area (TPSA) is 43.1 Å². The summed E-state index contributed by atoms with van der Waals surface area (Å²) in [5, 5.41) is 10.1. The molecule has 0 saturated carbocycles. The number of rotatable bonds is 1. The van der Waals surface area contributed by atoms with Crippen LogP contribution in [0.2, 0.25) is 5.15 Å². The molecule has 98 valence electrons. The molecule has 0 saturated heterocycles. The quantitative estimate of drug-likeness (QED) is 0.500. The van der Waals surface area contributed by atoms with Crippen molar-refractivity contribution in [2.45, 2.75) is 6.92 Å². The lowest BCUT2D eigenvalue weighted by Gasteiger charge is -2.01. The summed E-state index contributed by atoms with van der Waals surface area (Å²) in [5.74, 6) is 1.59. The van der Waals surface area contributed by atoms with Crippen molar-refractivity contribution < 1.29 is 0 Å². The van der Waals surface area contributed by atoms with E-state index in [-0.39, 0.29) is 0 Å². The normalized spacial score (nSPS) is 11.5. The summed E-state index contributed by atoms with van der Waals surface area (Å²) in [7, 11) is 0. The molecule has 4 aromatic rings. The molecule has 0 radical (unpaired) electrons. The SMILES string of the molecule is Cc1nc(Cl)cc2nnc(-c3cc4ccccc4s3)n12. The Morgan fingerprint density at radius 3 is 2.85 bits per heavy atom. The van der Waals surface area contributed by atoms with Crippen LogP contribution in [0.3, 0.4) is 0 Å². The zero-order valence-electron chi connectivity index (χ0n) is 10.5. The lowest BCUT2D eigenvalue weighted by molar-refractivity contribution is 0.991. The number of aryl methyl sites for hydroxylation is 1. The molecule has 0 aliphatic heterocycles. The van der Waals surface area contributed by atoms with E-state index >= 15 is 0 Å². The molecule has 0 unspecified atom stereocenters. The standard InChI is InChI=1S/C14H9ClN4S/c1-8-16-12(15)7-13-17-18-14(19(8)13)11-6-9-4-2-3-5-10(9)20-11/h2-7H,1H3. The molecule has 0 bridgehead atoms. The summed E-state index contributed by atoms with van der Waals surface area (Å²) in [6, 6.07) is 12.1. The lowest BCUT2D eigenvalue weighted by Crippen LogP contribution is -1.97. The highest BCUT2D eigenvalue weighted by molar-refractivity contribution is 7.22. The highest BCUT2D eigenvalue weighted by Crippen LogP contribution is 2.32. The first-order valence-corrected chi connectivity index (χ1v) is 7.29. The van der Waals surface area contributed by atoms with Crippen molar-refractivity contribution in [1.82, 2.24) is 19.6 Å². The van der Waals surface area contributed by atoms with Gasteiger partial charge in [0, 0.05) is 10.8 Å². The van der Waals surface area contributed by atoms with Crippen molar-refractivity contribution in [3.8, 4) is 10.7 Å². The fourth-order valence-corrected chi connectivity index (χ4v) is 3.56. The molecule has 0 amide bonds. The van der Waals surface area contributed by atoms with E-state index in [1.807, 2.05) is 23.5 Å². The molecular formula is C14H9ClN4S. The lowest BCUT2D eigenvalue weighted by atomic mass is 10.2. The fraction of sp³-hybridized carbons (Fsp3) is 0.0714. The Hall–Kier alpha value is -1.98. The average molecular weight is 301 g/mol. The number of aromatic nitrogens is 4. The Labute approximate surface area is 123 Å². The summed E-state index contributed by atoms with van der Waals surface area (Å²) in [4.78, 5) is 5.34. The van der Waals surface area contributed by atoms with Gasteiger partial charge in [-0.05, 0) is 24.4 Å². The van der Waals surface area contributed by atoms with Crippen molar-refractivity contribution in [3.05, 3.63) is 47.4 Å². The van der Waals surface area contributed by atoms with Gasteiger partial charge in [-0.25, -0.2) is 4.98 Å². The van der Waals surface area contributed by atoms with Gasteiger partial charge in [0.25, 0.3) is 0 Å². The number of hydrogen-bond donors (Lipinski definition) is 0. The second-order valence-corrected chi connectivity index (χ2v) is 5.96. The Balaban J connectivity index is 2.02. The smallest absolute Gasteiger partial charge is 0.179 e. The maximum Gasteiger partial charge on any atom is 0.179 e. The number of thiophene rings is 1. The summed E-state index contributed by atoms with van der Waals surface area (Å²) in [5.41, 5.74) is 0.718. The van der Waals surface area contributed by atoms with Crippen molar-refractivity contribution in [2.75, 3.05) is 0 Å². The highest BCUT2D eigenvalue weighted by Gasteiger charge is 2.14. The molecule has 0 N–H and O–H groups in total. The van der Waals surface area contributed by atoms with Crippen molar-refractivity contribution in [2.24, 2.45) is 0 Å². The second-order valence-electron chi connectivity index (χ2n) is 4.49. The number of hydrogen-bond acceptors (Lipinski definition) is 4. The first kappa shape index (κ1) is 11.8. The van der Waals surface area contributed by atoms with Crippen molar-refractivity contribution >= 4 is 38.7 Å². The van der Waals surface area contributed by atoms with E-state index in [2.05, 4.69) is 33.4 Å². The number of halogens is 1. The van der Waals surface area contributed by atoms with Crippen LogP contribution in [0, 0.1) is 6.92 Å². The summed E-state index contributed by atoms with van der Waals surface area (Å²) in [6.45, 7) is 1.90. The van der Waals surface area contributed by atoms with Crippen LogP contribution < -0.4 is 0 Å². The highest BCUT2D eigenvalue weighted by atomic mass is 35.5. The number of nitrogens with zero attached hydrogens (tertiary/aromatic N) is 4. The van der Waals surface area contributed by atoms with Gasteiger partial charge in [0.1, 0.15) is 11.0 Å². The molecule has 4 nitrogen and oxygen atoms in total. The van der Waals surface area contributed by atoms with Crippen LogP contribution in [0.4, 0.5) is 0 Å². The Morgan fingerprint density at radius 2 is 2.00 bits per heavy atom. The van der Waals surface area contributed by atoms with Gasteiger partial charge >= 0.3 is 0 Å². The maximum atomic E-state index is 5.95. The molecule has 0 aliphatic rings. The van der Waals surface area contributed by atoms with E-state index in [9.17, 15) is 0 Å². The van der Waals surface area contributed by atoms with Gasteiger partial charge in [-0.1, -0.05) is 29.8 Å². The summed E-state index contributed by atoms with van der Waals surface area (Å²) >= 11 is 7.65. The Morgan fingerprint density at radius 1 is 1.15 bits per heavy atom. The third-order valence-corrected chi connectivity index (χ3v) is 4.48. The van der Waals surface area contributed by atoms with Crippen LogP contribution >= 0.6 is 22.9 Å². The van der Waals surface area contributed by atoms with E-state index < -0.39 is 0 Å². The predicted molar refractivity (Wildman–Crippen MR) is 81.3 cm³/mol. The van der Waals surface area contributed by atoms with Crippen LogP contribution in [0.1, 0.15) is 5.82 Å². The number of fused-ring (bicyclic) bond motifs is 2. The minimum Gasteiger partial charge on any atom is -0.262 e. The molecular weight excluding hydrogens is 292 g/mol. The largest absolute Gasteiger partial charge is 0.262 e. The molecule has 0 spiro atoms. The molecule has 6 heteroatoms. The third-order valence-electron chi connectivity index (χ3n) is 3.17. The monoisotopic (exact) mass is 300 g/mol. The molecule has 0 atom stereocenters. The van der Waals surface area contributed by atoms with E-state index in [0.717, 1.165) is 22.2 Å². The second kappa shape index (κ2) is 4.26. The van der Waals surface area contributed by atoms with E-state index in [1.165, 1.54) is 10.1 Å². The molecule has 0 fully saturated rings. The molecule has 20 heavy (non-hydrogen) atoms. The van der Waals surface area contributed by atoms with Gasteiger partial charge in [0.15, 0.2) is 11.5 Å². The molecule has 3 heterocycles. The van der Waals surface area contributed by atoms with Crippen LogP contribution in [0.15, 0.2) is 36.4 Å². The first-order chi connectivity index (χ1) is 9.72. The average Bonchev–Trinajstić information content (AvgIpc) is 3.00. The first-order valence-electron chi connectivity index (χ1n) is 6.09. The minimum atomic E-state index is 0.435. The van der Waals surface area contributed by atoms with Gasteiger partial charge in [-0.15, -0.1) is 21.5 Å². The third kappa shape index (κ3) is 1.71. The van der Waals surface area contributed by atoms with Crippen molar-refractivity contribution in [3.63, 3.8) is 0 Å². The van der Waals surface area contributed by atoms with Crippen LogP contribution in [-0.4, -0.2) is 19.6 Å². The fourth-order valence-electron chi connectivity index (χ4n) is 2.30. The van der Waals surface area contributed by atoms with Gasteiger partial charge in [0.2, 0.25) is 0 Å². The van der Waals surface area contributed by atoms with E-state index in [1.54, 1.807) is 17.4 Å². The minimum absolute atomic E-state index is 0.435. The zero-order valence-corrected chi connectivity index (χ0v) is 12.1. The molecule has 0 aliphatic carbocycles. The number of benzene rings is 1. The van der Waals surface area contributed by atoms with Crippen LogP contribution in [-0.2, 0) is 0 Å². The predicted octanol–water partition coefficient (Wildman–Crippen LogP) is 3.97. The summed E-state index contributed by atoms with van der Waals surface area (Å²) < 4.78 is 3.16. The summed E-state index contributed by atoms with van der Waals surface area (Å²) in [6.07, 6.45) is 0. The molecule has 3 aromatic heterocycles. The zero-order chi connectivity index (χ0) is 13.7. The van der Waals surface area contributed by atoms with Gasteiger partial charge in [0.05, 0.1) is 4.88 Å². The van der Waals surface area contributed by atoms with Gasteiger partial charge < -0.3 is 0 Å². The van der Waals surface area contributed by atoms with E-state index in [4.69, 9.17) is 11.6 Å². The maximum absolute atomic E-state index is 5.95. The Kier molecular flexibility index (Phi) is 2.52.